The maximum atomic E-state index is 6.11. The largest absolute Gasteiger partial charge is 0.384 e. The third kappa shape index (κ3) is 4.39. The molecule has 2 aromatic heterocycles. The molecule has 1 aliphatic rings. The van der Waals surface area contributed by atoms with E-state index < -0.39 is 0 Å². The molecule has 0 aliphatic carbocycles. The van der Waals surface area contributed by atoms with Gasteiger partial charge in [0.1, 0.15) is 12.0 Å². The molecule has 0 aromatic carbocycles. The third-order valence-corrected chi connectivity index (χ3v) is 4.19. The summed E-state index contributed by atoms with van der Waals surface area (Å²) in [4.78, 5) is 0. The molecule has 8 nitrogen and oxygen atoms in total. The second-order valence-corrected chi connectivity index (χ2v) is 6.01. The second kappa shape index (κ2) is 8.46. The van der Waals surface area contributed by atoms with E-state index in [0.29, 0.717) is 25.6 Å². The standard InChI is InChI=1S/C17H27N5O3/c1-3-23-17(24-4-2)12-21-15(18)9-14(20-21)13-10-19-22(11-13)16-7-5-6-8-25-16/h9-11,16-17H,3-8,12,18H2,1-2H3. The summed E-state index contributed by atoms with van der Waals surface area (Å²) in [5, 5.41) is 9.01. The SMILES string of the molecule is CCOC(Cn1nc(-c2cnn(C3CCCCO3)c2)cc1N)OCC. The number of nitrogen functional groups attached to an aromatic ring is 1. The molecule has 3 heterocycles. The van der Waals surface area contributed by atoms with Gasteiger partial charge in [-0.05, 0) is 33.1 Å². The Kier molecular flexibility index (Phi) is 6.06. The quantitative estimate of drug-likeness (QED) is 0.736. The van der Waals surface area contributed by atoms with Gasteiger partial charge in [-0.3, -0.25) is 0 Å². The molecule has 1 unspecified atom stereocenters. The van der Waals surface area contributed by atoms with Crippen molar-refractivity contribution in [2.45, 2.75) is 52.2 Å². The molecule has 0 radical (unpaired) electrons. The molecule has 1 atom stereocenters. The fourth-order valence-electron chi connectivity index (χ4n) is 2.95. The molecule has 8 heteroatoms. The van der Waals surface area contributed by atoms with Crippen LogP contribution >= 0.6 is 0 Å². The van der Waals surface area contributed by atoms with Crippen LogP contribution in [0.3, 0.4) is 0 Å². The van der Waals surface area contributed by atoms with Crippen LogP contribution in [-0.4, -0.2) is 45.7 Å². The number of nitrogens with zero attached hydrogens (tertiary/aromatic N) is 4. The van der Waals surface area contributed by atoms with E-state index in [1.165, 1.54) is 0 Å². The van der Waals surface area contributed by atoms with Crippen LogP contribution in [0.5, 0.6) is 0 Å². The first kappa shape index (κ1) is 17.9. The van der Waals surface area contributed by atoms with Gasteiger partial charge in [-0.2, -0.15) is 10.2 Å². The molecule has 0 saturated carbocycles. The van der Waals surface area contributed by atoms with Crippen molar-refractivity contribution in [1.82, 2.24) is 19.6 Å². The van der Waals surface area contributed by atoms with Gasteiger partial charge in [-0.25, -0.2) is 9.36 Å². The van der Waals surface area contributed by atoms with Gasteiger partial charge in [0.25, 0.3) is 0 Å². The highest BCUT2D eigenvalue weighted by Gasteiger charge is 2.18. The van der Waals surface area contributed by atoms with Crippen LogP contribution in [-0.2, 0) is 20.8 Å². The molecular weight excluding hydrogens is 322 g/mol. The molecule has 138 valence electrons. The maximum Gasteiger partial charge on any atom is 0.177 e. The van der Waals surface area contributed by atoms with E-state index in [-0.39, 0.29) is 12.5 Å². The minimum absolute atomic E-state index is 0.0159. The van der Waals surface area contributed by atoms with Crippen molar-refractivity contribution in [3.05, 3.63) is 18.5 Å². The van der Waals surface area contributed by atoms with E-state index in [4.69, 9.17) is 19.9 Å². The van der Waals surface area contributed by atoms with E-state index in [9.17, 15) is 0 Å². The number of ether oxygens (including phenoxy) is 3. The number of hydrogen-bond acceptors (Lipinski definition) is 6. The van der Waals surface area contributed by atoms with Crippen molar-refractivity contribution in [3.63, 3.8) is 0 Å². The number of rotatable bonds is 8. The molecule has 25 heavy (non-hydrogen) atoms. The molecular formula is C17H27N5O3. The van der Waals surface area contributed by atoms with Crippen molar-refractivity contribution < 1.29 is 14.2 Å². The highest BCUT2D eigenvalue weighted by Crippen LogP contribution is 2.25. The van der Waals surface area contributed by atoms with Gasteiger partial charge in [0.2, 0.25) is 0 Å². The van der Waals surface area contributed by atoms with Crippen molar-refractivity contribution in [2.24, 2.45) is 0 Å². The highest BCUT2D eigenvalue weighted by atomic mass is 16.7. The van der Waals surface area contributed by atoms with E-state index in [1.807, 2.05) is 30.8 Å². The zero-order valence-corrected chi connectivity index (χ0v) is 14.9. The van der Waals surface area contributed by atoms with Gasteiger partial charge >= 0.3 is 0 Å². The van der Waals surface area contributed by atoms with Gasteiger partial charge in [-0.15, -0.1) is 0 Å². The summed E-state index contributed by atoms with van der Waals surface area (Å²) >= 11 is 0. The molecule has 1 saturated heterocycles. The molecule has 1 aliphatic heterocycles. The Labute approximate surface area is 147 Å². The first-order chi connectivity index (χ1) is 12.2. The summed E-state index contributed by atoms with van der Waals surface area (Å²) < 4.78 is 20.5. The Hall–Kier alpha value is -1.90. The van der Waals surface area contributed by atoms with Crippen molar-refractivity contribution in [2.75, 3.05) is 25.6 Å². The maximum absolute atomic E-state index is 6.11. The van der Waals surface area contributed by atoms with Crippen molar-refractivity contribution in [1.29, 1.82) is 0 Å². The molecule has 0 bridgehead atoms. The molecule has 3 rings (SSSR count). The Morgan fingerprint density at radius 1 is 1.32 bits per heavy atom. The van der Waals surface area contributed by atoms with Gasteiger partial charge in [0.15, 0.2) is 6.29 Å². The summed E-state index contributed by atoms with van der Waals surface area (Å²) in [5.41, 5.74) is 7.81. The lowest BCUT2D eigenvalue weighted by atomic mass is 10.2. The normalized spacial score (nSPS) is 18.1. The Morgan fingerprint density at radius 3 is 2.80 bits per heavy atom. The zero-order valence-electron chi connectivity index (χ0n) is 14.9. The van der Waals surface area contributed by atoms with E-state index in [2.05, 4.69) is 10.2 Å². The molecule has 0 spiro atoms. The predicted molar refractivity (Wildman–Crippen MR) is 93.7 cm³/mol. The van der Waals surface area contributed by atoms with Crippen molar-refractivity contribution in [3.8, 4) is 11.3 Å². The third-order valence-electron chi connectivity index (χ3n) is 4.19. The topological polar surface area (TPSA) is 89.3 Å². The highest BCUT2D eigenvalue weighted by molar-refractivity contribution is 5.60. The lowest BCUT2D eigenvalue weighted by Gasteiger charge is -2.22. The fourth-order valence-corrected chi connectivity index (χ4v) is 2.95. The Bertz CT molecular complexity index is 657. The van der Waals surface area contributed by atoms with E-state index in [1.54, 1.807) is 10.9 Å². The zero-order chi connectivity index (χ0) is 17.6. The summed E-state index contributed by atoms with van der Waals surface area (Å²) in [5.74, 6) is 0.570. The Morgan fingerprint density at radius 2 is 2.12 bits per heavy atom. The van der Waals surface area contributed by atoms with Crippen LogP contribution in [0.4, 0.5) is 5.82 Å². The monoisotopic (exact) mass is 349 g/mol. The van der Waals surface area contributed by atoms with Crippen LogP contribution in [0.2, 0.25) is 0 Å². The first-order valence-corrected chi connectivity index (χ1v) is 8.94. The van der Waals surface area contributed by atoms with E-state index >= 15 is 0 Å². The first-order valence-electron chi connectivity index (χ1n) is 8.94. The number of aromatic nitrogens is 4. The van der Waals surface area contributed by atoms with Gasteiger partial charge in [-0.1, -0.05) is 0 Å². The lowest BCUT2D eigenvalue weighted by molar-refractivity contribution is -0.144. The average molecular weight is 349 g/mol. The van der Waals surface area contributed by atoms with Crippen LogP contribution < -0.4 is 5.73 Å². The van der Waals surface area contributed by atoms with Crippen LogP contribution in [0.1, 0.15) is 39.3 Å². The number of hydrogen-bond donors (Lipinski definition) is 1. The minimum atomic E-state index is -0.358. The van der Waals surface area contributed by atoms with Crippen LogP contribution in [0.25, 0.3) is 11.3 Å². The smallest absolute Gasteiger partial charge is 0.177 e. The van der Waals surface area contributed by atoms with Crippen LogP contribution in [0, 0.1) is 0 Å². The predicted octanol–water partition coefficient (Wildman–Crippen LogP) is 2.43. The summed E-state index contributed by atoms with van der Waals surface area (Å²) in [7, 11) is 0. The molecule has 2 N–H and O–H groups in total. The summed E-state index contributed by atoms with van der Waals surface area (Å²) in [6.45, 7) is 6.27. The molecule has 1 fully saturated rings. The van der Waals surface area contributed by atoms with Gasteiger partial charge in [0, 0.05) is 37.6 Å². The van der Waals surface area contributed by atoms with Gasteiger partial charge < -0.3 is 19.9 Å². The second-order valence-electron chi connectivity index (χ2n) is 6.01. The summed E-state index contributed by atoms with van der Waals surface area (Å²) in [6.07, 6.45) is 6.69. The fraction of sp³-hybridized carbons (Fsp3) is 0.647. The minimum Gasteiger partial charge on any atom is -0.384 e. The van der Waals surface area contributed by atoms with Gasteiger partial charge in [0.05, 0.1) is 18.4 Å². The number of nitrogens with two attached hydrogens (primary N) is 1. The van der Waals surface area contributed by atoms with Crippen LogP contribution in [0.15, 0.2) is 18.5 Å². The van der Waals surface area contributed by atoms with E-state index in [0.717, 1.165) is 37.1 Å². The lowest BCUT2D eigenvalue weighted by Crippen LogP contribution is -2.25. The Balaban J connectivity index is 1.72. The molecule has 2 aromatic rings. The average Bonchev–Trinajstić information content (AvgIpc) is 3.24. The number of anilines is 1. The molecule has 0 amide bonds. The van der Waals surface area contributed by atoms with Crippen molar-refractivity contribution >= 4 is 5.82 Å². The summed E-state index contributed by atoms with van der Waals surface area (Å²) in [6, 6.07) is 1.85.